The number of nitrogen functional groups attached to an aromatic ring is 1. The van der Waals surface area contributed by atoms with Crippen LogP contribution < -0.4 is 11.1 Å². The minimum absolute atomic E-state index is 0.00180. The highest BCUT2D eigenvalue weighted by atomic mass is 32.1. The van der Waals surface area contributed by atoms with Crippen LogP contribution in [0.2, 0.25) is 0 Å². The number of carbonyl (C=O) groups is 2. The minimum Gasteiger partial charge on any atom is -0.375 e. The Labute approximate surface area is 191 Å². The first kappa shape index (κ1) is 22.0. The SMILES string of the molecule is Nc1nc(-c2ccc(NC(=O)CN(Cc3cccnc3)C(=O)C3CCCCC3)cc2)cs1. The highest BCUT2D eigenvalue weighted by Gasteiger charge is 2.27. The molecule has 7 nitrogen and oxygen atoms in total. The first-order chi connectivity index (χ1) is 15.6. The lowest BCUT2D eigenvalue weighted by Crippen LogP contribution is -2.41. The van der Waals surface area contributed by atoms with Gasteiger partial charge in [-0.2, -0.15) is 0 Å². The van der Waals surface area contributed by atoms with E-state index in [1.807, 2.05) is 41.8 Å². The van der Waals surface area contributed by atoms with Crippen molar-refractivity contribution in [2.75, 3.05) is 17.6 Å². The average Bonchev–Trinajstić information content (AvgIpc) is 3.26. The molecule has 8 heteroatoms. The van der Waals surface area contributed by atoms with Crippen molar-refractivity contribution in [3.05, 3.63) is 59.7 Å². The van der Waals surface area contributed by atoms with Crippen LogP contribution in [0.5, 0.6) is 0 Å². The molecule has 0 unspecified atom stereocenters. The topological polar surface area (TPSA) is 101 Å². The Morgan fingerprint density at radius 3 is 2.56 bits per heavy atom. The smallest absolute Gasteiger partial charge is 0.244 e. The maximum atomic E-state index is 13.2. The third kappa shape index (κ3) is 5.70. The zero-order chi connectivity index (χ0) is 22.3. The predicted octanol–water partition coefficient (Wildman–Crippen LogP) is 4.33. The van der Waals surface area contributed by atoms with Gasteiger partial charge in [-0.1, -0.05) is 37.5 Å². The van der Waals surface area contributed by atoms with Crippen LogP contribution in [0.15, 0.2) is 54.2 Å². The van der Waals surface area contributed by atoms with Crippen molar-refractivity contribution >= 4 is 34.0 Å². The fraction of sp³-hybridized carbons (Fsp3) is 0.333. The van der Waals surface area contributed by atoms with E-state index in [0.29, 0.717) is 17.4 Å². The summed E-state index contributed by atoms with van der Waals surface area (Å²) in [6, 6.07) is 11.2. The van der Waals surface area contributed by atoms with Crippen molar-refractivity contribution in [1.82, 2.24) is 14.9 Å². The Kier molecular flexibility index (Phi) is 7.11. The van der Waals surface area contributed by atoms with E-state index in [4.69, 9.17) is 5.73 Å². The fourth-order valence-electron chi connectivity index (χ4n) is 4.05. The zero-order valence-electron chi connectivity index (χ0n) is 17.9. The Balaban J connectivity index is 1.42. The van der Waals surface area contributed by atoms with Gasteiger partial charge in [-0.3, -0.25) is 14.6 Å². The number of pyridine rings is 1. The number of nitrogens with zero attached hydrogens (tertiary/aromatic N) is 3. The summed E-state index contributed by atoms with van der Waals surface area (Å²) in [4.78, 5) is 36.1. The summed E-state index contributed by atoms with van der Waals surface area (Å²) in [5.74, 6) is -0.165. The quantitative estimate of drug-likeness (QED) is 0.559. The lowest BCUT2D eigenvalue weighted by molar-refractivity contribution is -0.140. The summed E-state index contributed by atoms with van der Waals surface area (Å²) in [6.45, 7) is 0.384. The number of amides is 2. The number of hydrogen-bond acceptors (Lipinski definition) is 6. The lowest BCUT2D eigenvalue weighted by Gasteiger charge is -2.29. The summed E-state index contributed by atoms with van der Waals surface area (Å²) in [6.07, 6.45) is 8.55. The van der Waals surface area contributed by atoms with E-state index in [9.17, 15) is 9.59 Å². The molecule has 0 saturated heterocycles. The van der Waals surface area contributed by atoms with E-state index in [2.05, 4.69) is 15.3 Å². The molecule has 166 valence electrons. The van der Waals surface area contributed by atoms with Gasteiger partial charge in [0, 0.05) is 41.5 Å². The Hall–Kier alpha value is -3.26. The largest absolute Gasteiger partial charge is 0.375 e. The van der Waals surface area contributed by atoms with Crippen molar-refractivity contribution in [3.8, 4) is 11.3 Å². The molecule has 1 aliphatic rings. The molecule has 0 radical (unpaired) electrons. The van der Waals surface area contributed by atoms with E-state index in [-0.39, 0.29) is 24.3 Å². The van der Waals surface area contributed by atoms with Gasteiger partial charge in [0.15, 0.2) is 5.13 Å². The van der Waals surface area contributed by atoms with Crippen LogP contribution in [-0.2, 0) is 16.1 Å². The molecule has 0 bridgehead atoms. The number of thiazole rings is 1. The summed E-state index contributed by atoms with van der Waals surface area (Å²) >= 11 is 1.39. The second kappa shape index (κ2) is 10.4. The predicted molar refractivity (Wildman–Crippen MR) is 127 cm³/mol. The Bertz CT molecular complexity index is 1050. The van der Waals surface area contributed by atoms with Gasteiger partial charge in [0.2, 0.25) is 11.8 Å². The van der Waals surface area contributed by atoms with Crippen LogP contribution in [-0.4, -0.2) is 33.2 Å². The van der Waals surface area contributed by atoms with Gasteiger partial charge in [-0.15, -0.1) is 11.3 Å². The van der Waals surface area contributed by atoms with E-state index in [0.717, 1.165) is 42.5 Å². The molecule has 1 aliphatic carbocycles. The molecule has 1 saturated carbocycles. The van der Waals surface area contributed by atoms with E-state index >= 15 is 0 Å². The van der Waals surface area contributed by atoms with Gasteiger partial charge in [0.1, 0.15) is 6.54 Å². The number of aromatic nitrogens is 2. The number of benzene rings is 1. The van der Waals surface area contributed by atoms with Crippen LogP contribution in [0.1, 0.15) is 37.7 Å². The molecule has 2 amide bonds. The van der Waals surface area contributed by atoms with Crippen LogP contribution >= 0.6 is 11.3 Å². The van der Waals surface area contributed by atoms with E-state index in [1.165, 1.54) is 17.8 Å². The van der Waals surface area contributed by atoms with Crippen LogP contribution in [0.3, 0.4) is 0 Å². The number of anilines is 2. The van der Waals surface area contributed by atoms with E-state index < -0.39 is 0 Å². The summed E-state index contributed by atoms with van der Waals surface area (Å²) < 4.78 is 0. The van der Waals surface area contributed by atoms with Gasteiger partial charge >= 0.3 is 0 Å². The molecule has 1 fully saturated rings. The number of rotatable bonds is 7. The van der Waals surface area contributed by atoms with Crippen LogP contribution in [0, 0.1) is 5.92 Å². The van der Waals surface area contributed by atoms with Gasteiger partial charge in [-0.05, 0) is 36.6 Å². The van der Waals surface area contributed by atoms with Gasteiger partial charge in [0.05, 0.1) is 5.69 Å². The number of carbonyl (C=O) groups excluding carboxylic acids is 2. The molecule has 0 aliphatic heterocycles. The molecule has 3 N–H and O–H groups in total. The Morgan fingerprint density at radius 2 is 1.91 bits per heavy atom. The summed E-state index contributed by atoms with van der Waals surface area (Å²) in [7, 11) is 0. The molecular weight excluding hydrogens is 422 g/mol. The molecule has 4 rings (SSSR count). The normalized spacial score (nSPS) is 14.1. The molecular formula is C24H27N5O2S. The van der Waals surface area contributed by atoms with Crippen molar-refractivity contribution in [1.29, 1.82) is 0 Å². The molecule has 1 aromatic carbocycles. The van der Waals surface area contributed by atoms with Crippen molar-refractivity contribution in [3.63, 3.8) is 0 Å². The fourth-order valence-corrected chi connectivity index (χ4v) is 4.62. The standard InChI is InChI=1S/C24H27N5O2S/c25-24-28-21(16-32-24)18-8-10-20(11-9-18)27-22(30)15-29(14-17-5-4-12-26-13-17)23(31)19-6-2-1-3-7-19/h4-5,8-13,16,19H,1-3,6-7,14-15H2,(H2,25,28)(H,27,30). The molecule has 0 atom stereocenters. The number of hydrogen-bond donors (Lipinski definition) is 2. The summed E-state index contributed by atoms with van der Waals surface area (Å²) in [5.41, 5.74) is 9.04. The average molecular weight is 450 g/mol. The maximum Gasteiger partial charge on any atom is 0.244 e. The highest BCUT2D eigenvalue weighted by Crippen LogP contribution is 2.27. The van der Waals surface area contributed by atoms with Gasteiger partial charge < -0.3 is 16.0 Å². The minimum atomic E-state index is -0.219. The van der Waals surface area contributed by atoms with Gasteiger partial charge in [0.25, 0.3) is 0 Å². The van der Waals surface area contributed by atoms with Crippen LogP contribution in [0.25, 0.3) is 11.3 Å². The summed E-state index contributed by atoms with van der Waals surface area (Å²) in [5, 5.41) is 5.33. The number of nitrogens with one attached hydrogen (secondary N) is 1. The molecule has 3 aromatic rings. The van der Waals surface area contributed by atoms with Crippen molar-refractivity contribution in [2.45, 2.75) is 38.6 Å². The Morgan fingerprint density at radius 1 is 1.12 bits per heavy atom. The van der Waals surface area contributed by atoms with Crippen molar-refractivity contribution in [2.24, 2.45) is 5.92 Å². The highest BCUT2D eigenvalue weighted by molar-refractivity contribution is 7.13. The monoisotopic (exact) mass is 449 g/mol. The molecule has 2 heterocycles. The first-order valence-corrected chi connectivity index (χ1v) is 11.8. The van der Waals surface area contributed by atoms with Crippen LogP contribution in [0.4, 0.5) is 10.8 Å². The number of nitrogens with two attached hydrogens (primary N) is 1. The first-order valence-electron chi connectivity index (χ1n) is 10.9. The van der Waals surface area contributed by atoms with E-state index in [1.54, 1.807) is 17.3 Å². The second-order valence-electron chi connectivity index (χ2n) is 8.09. The molecule has 2 aromatic heterocycles. The van der Waals surface area contributed by atoms with Crippen molar-refractivity contribution < 1.29 is 9.59 Å². The third-order valence-corrected chi connectivity index (χ3v) is 6.36. The second-order valence-corrected chi connectivity index (χ2v) is 8.98. The third-order valence-electron chi connectivity index (χ3n) is 5.68. The molecule has 32 heavy (non-hydrogen) atoms. The molecule has 0 spiro atoms. The lowest BCUT2D eigenvalue weighted by atomic mass is 9.88. The van der Waals surface area contributed by atoms with Gasteiger partial charge in [-0.25, -0.2) is 4.98 Å². The zero-order valence-corrected chi connectivity index (χ0v) is 18.7. The maximum absolute atomic E-state index is 13.2.